The molecule has 0 aromatic heterocycles. The molecular weight excluding hydrogens is 282 g/mol. The molecule has 7 nitrogen and oxygen atoms in total. The van der Waals surface area contributed by atoms with Crippen molar-refractivity contribution >= 4 is 21.4 Å². The van der Waals surface area contributed by atoms with Gasteiger partial charge in [-0.1, -0.05) is 0 Å². The lowest BCUT2D eigenvalue weighted by Crippen LogP contribution is -2.38. The summed E-state index contributed by atoms with van der Waals surface area (Å²) in [6, 6.07) is 6.98. The minimum atomic E-state index is -3.50. The Hall–Kier alpha value is -1.35. The highest BCUT2D eigenvalue weighted by Crippen LogP contribution is 2.10. The van der Waals surface area contributed by atoms with Gasteiger partial charge < -0.3 is 21.3 Å². The van der Waals surface area contributed by atoms with E-state index < -0.39 is 10.0 Å². The third-order valence-corrected chi connectivity index (χ3v) is 4.56. The predicted octanol–water partition coefficient (Wildman–Crippen LogP) is -0.703. The molecule has 0 unspecified atom stereocenters. The monoisotopic (exact) mass is 303 g/mol. The quantitative estimate of drug-likeness (QED) is 0.448. The molecule has 0 spiro atoms. The average Bonchev–Trinajstić information content (AvgIpc) is 2.41. The molecule has 0 fully saturated rings. The zero-order valence-electron chi connectivity index (χ0n) is 11.2. The van der Waals surface area contributed by atoms with Gasteiger partial charge in [-0.15, -0.1) is 0 Å². The van der Waals surface area contributed by atoms with E-state index >= 15 is 0 Å². The SMILES string of the molecule is Nc1ccc(NCCS(=O)(=O)N(CCO)CCO)cc1. The maximum atomic E-state index is 12.0. The number of aliphatic hydroxyl groups is 2. The van der Waals surface area contributed by atoms with E-state index in [4.69, 9.17) is 15.9 Å². The number of anilines is 2. The van der Waals surface area contributed by atoms with Crippen LogP contribution in [0.1, 0.15) is 0 Å². The summed E-state index contributed by atoms with van der Waals surface area (Å²) in [5.41, 5.74) is 6.98. The van der Waals surface area contributed by atoms with Crippen molar-refractivity contribution in [3.8, 4) is 0 Å². The van der Waals surface area contributed by atoms with E-state index in [0.717, 1.165) is 9.99 Å². The molecule has 0 aliphatic heterocycles. The second-order valence-electron chi connectivity index (χ2n) is 4.21. The van der Waals surface area contributed by atoms with Crippen LogP contribution in [0.3, 0.4) is 0 Å². The standard InChI is InChI=1S/C12H21N3O4S/c13-11-1-3-12(4-2-11)14-5-10-20(18,19)15(6-8-16)7-9-17/h1-4,14,16-17H,5-10,13H2. The van der Waals surface area contributed by atoms with Crippen LogP contribution in [-0.4, -0.2) is 61.5 Å². The van der Waals surface area contributed by atoms with Crippen molar-refractivity contribution in [2.24, 2.45) is 0 Å². The summed E-state index contributed by atoms with van der Waals surface area (Å²) >= 11 is 0. The minimum Gasteiger partial charge on any atom is -0.399 e. The van der Waals surface area contributed by atoms with Gasteiger partial charge in [0.15, 0.2) is 0 Å². The van der Waals surface area contributed by atoms with Gasteiger partial charge in [-0.2, -0.15) is 4.31 Å². The van der Waals surface area contributed by atoms with Gasteiger partial charge >= 0.3 is 0 Å². The summed E-state index contributed by atoms with van der Waals surface area (Å²) in [6.45, 7) is -0.329. The average molecular weight is 303 g/mol. The Bertz CT molecular complexity index is 484. The van der Waals surface area contributed by atoms with E-state index in [1.54, 1.807) is 24.3 Å². The fourth-order valence-electron chi connectivity index (χ4n) is 1.67. The highest BCUT2D eigenvalue weighted by Gasteiger charge is 2.20. The lowest BCUT2D eigenvalue weighted by molar-refractivity contribution is 0.217. The summed E-state index contributed by atoms with van der Waals surface area (Å²) in [5.74, 6) is -0.114. The molecule has 8 heteroatoms. The van der Waals surface area contributed by atoms with Crippen molar-refractivity contribution in [1.82, 2.24) is 4.31 Å². The molecule has 0 saturated heterocycles. The van der Waals surface area contributed by atoms with Crippen LogP contribution in [0.2, 0.25) is 0 Å². The summed E-state index contributed by atoms with van der Waals surface area (Å²) in [4.78, 5) is 0. The van der Waals surface area contributed by atoms with Gasteiger partial charge in [-0.05, 0) is 24.3 Å². The highest BCUT2D eigenvalue weighted by atomic mass is 32.2. The predicted molar refractivity (Wildman–Crippen MR) is 78.9 cm³/mol. The van der Waals surface area contributed by atoms with Crippen LogP contribution >= 0.6 is 0 Å². The Morgan fingerprint density at radius 3 is 2.15 bits per heavy atom. The van der Waals surface area contributed by atoms with Gasteiger partial charge in [0, 0.05) is 31.0 Å². The zero-order chi connectivity index (χ0) is 15.0. The van der Waals surface area contributed by atoms with E-state index in [9.17, 15) is 8.42 Å². The topological polar surface area (TPSA) is 116 Å². The Kier molecular flexibility index (Phi) is 6.73. The maximum Gasteiger partial charge on any atom is 0.215 e. The fraction of sp³-hybridized carbons (Fsp3) is 0.500. The van der Waals surface area contributed by atoms with Crippen molar-refractivity contribution in [2.45, 2.75) is 0 Å². The van der Waals surface area contributed by atoms with Crippen LogP contribution in [0.5, 0.6) is 0 Å². The molecule has 0 aliphatic carbocycles. The summed E-state index contributed by atoms with van der Waals surface area (Å²) in [7, 11) is -3.50. The number of nitrogens with two attached hydrogens (primary N) is 1. The molecule has 0 atom stereocenters. The van der Waals surface area contributed by atoms with E-state index in [2.05, 4.69) is 5.32 Å². The Morgan fingerprint density at radius 2 is 1.65 bits per heavy atom. The normalized spacial score (nSPS) is 11.8. The van der Waals surface area contributed by atoms with Gasteiger partial charge in [0.25, 0.3) is 0 Å². The molecule has 114 valence electrons. The lowest BCUT2D eigenvalue weighted by Gasteiger charge is -2.20. The molecule has 1 aromatic rings. The van der Waals surface area contributed by atoms with Crippen LogP contribution in [-0.2, 0) is 10.0 Å². The number of aliphatic hydroxyl groups excluding tert-OH is 2. The van der Waals surface area contributed by atoms with E-state index in [-0.39, 0.29) is 38.6 Å². The summed E-state index contributed by atoms with van der Waals surface area (Å²) in [5, 5.41) is 20.7. The Morgan fingerprint density at radius 1 is 1.10 bits per heavy atom. The number of rotatable bonds is 9. The molecule has 0 amide bonds. The van der Waals surface area contributed by atoms with Crippen molar-refractivity contribution in [3.05, 3.63) is 24.3 Å². The van der Waals surface area contributed by atoms with Crippen molar-refractivity contribution in [1.29, 1.82) is 0 Å². The number of sulfonamides is 1. The first-order chi connectivity index (χ1) is 9.49. The number of nitrogens with one attached hydrogen (secondary N) is 1. The van der Waals surface area contributed by atoms with Crippen LogP contribution in [0.15, 0.2) is 24.3 Å². The zero-order valence-corrected chi connectivity index (χ0v) is 12.0. The van der Waals surface area contributed by atoms with Crippen molar-refractivity contribution < 1.29 is 18.6 Å². The highest BCUT2D eigenvalue weighted by molar-refractivity contribution is 7.89. The van der Waals surface area contributed by atoms with Gasteiger partial charge in [-0.3, -0.25) is 0 Å². The molecular formula is C12H21N3O4S. The molecule has 0 heterocycles. The lowest BCUT2D eigenvalue weighted by atomic mass is 10.3. The third-order valence-electron chi connectivity index (χ3n) is 2.69. The van der Waals surface area contributed by atoms with Gasteiger partial charge in [0.2, 0.25) is 10.0 Å². The molecule has 0 saturated carbocycles. The van der Waals surface area contributed by atoms with Gasteiger partial charge in [0.1, 0.15) is 0 Å². The molecule has 1 aromatic carbocycles. The number of hydrogen-bond acceptors (Lipinski definition) is 6. The maximum absolute atomic E-state index is 12.0. The number of hydrogen-bond donors (Lipinski definition) is 4. The number of nitrogens with zero attached hydrogens (tertiary/aromatic N) is 1. The second kappa shape index (κ2) is 8.05. The largest absolute Gasteiger partial charge is 0.399 e. The number of nitrogen functional groups attached to an aromatic ring is 1. The molecule has 1 rings (SSSR count). The third kappa shape index (κ3) is 5.33. The van der Waals surface area contributed by atoms with Crippen LogP contribution < -0.4 is 11.1 Å². The smallest absolute Gasteiger partial charge is 0.215 e. The second-order valence-corrected chi connectivity index (χ2v) is 6.30. The first kappa shape index (κ1) is 16.7. The molecule has 20 heavy (non-hydrogen) atoms. The van der Waals surface area contributed by atoms with Crippen LogP contribution in [0.25, 0.3) is 0 Å². The van der Waals surface area contributed by atoms with Crippen molar-refractivity contribution in [2.75, 3.05) is 49.7 Å². The Labute approximate surface area is 119 Å². The molecule has 5 N–H and O–H groups in total. The van der Waals surface area contributed by atoms with Gasteiger partial charge in [0.05, 0.1) is 19.0 Å². The first-order valence-electron chi connectivity index (χ1n) is 6.28. The molecule has 0 radical (unpaired) electrons. The van der Waals surface area contributed by atoms with E-state index in [1.807, 2.05) is 0 Å². The summed E-state index contributed by atoms with van der Waals surface area (Å²) in [6.07, 6.45) is 0. The number of benzene rings is 1. The fourth-order valence-corrected chi connectivity index (χ4v) is 3.01. The van der Waals surface area contributed by atoms with E-state index in [0.29, 0.717) is 5.69 Å². The molecule has 0 aliphatic rings. The van der Waals surface area contributed by atoms with Crippen LogP contribution in [0.4, 0.5) is 11.4 Å². The minimum absolute atomic E-state index is 0.00916. The summed E-state index contributed by atoms with van der Waals surface area (Å²) < 4.78 is 25.1. The van der Waals surface area contributed by atoms with Crippen molar-refractivity contribution in [3.63, 3.8) is 0 Å². The Balaban J connectivity index is 2.51. The van der Waals surface area contributed by atoms with Gasteiger partial charge in [-0.25, -0.2) is 8.42 Å². The van der Waals surface area contributed by atoms with E-state index in [1.165, 1.54) is 0 Å². The first-order valence-corrected chi connectivity index (χ1v) is 7.89. The molecule has 0 bridgehead atoms. The van der Waals surface area contributed by atoms with Crippen LogP contribution in [0, 0.1) is 0 Å².